The van der Waals surface area contributed by atoms with E-state index in [9.17, 15) is 8.42 Å². The summed E-state index contributed by atoms with van der Waals surface area (Å²) in [6.07, 6.45) is 3.48. The van der Waals surface area contributed by atoms with Gasteiger partial charge in [0, 0.05) is 48.5 Å². The number of ether oxygens (including phenoxy) is 2. The molecule has 0 unspecified atom stereocenters. The molecule has 0 saturated carbocycles. The number of hydrogen-bond acceptors (Lipinski definition) is 6. The monoisotopic (exact) mass is 521 g/mol. The Labute approximate surface area is 208 Å². The van der Waals surface area contributed by atoms with Crippen LogP contribution in [0.3, 0.4) is 0 Å². The molecule has 2 N–H and O–H groups in total. The van der Waals surface area contributed by atoms with Crippen molar-refractivity contribution in [2.75, 3.05) is 38.7 Å². The van der Waals surface area contributed by atoms with Crippen molar-refractivity contribution in [3.8, 4) is 5.75 Å². The summed E-state index contributed by atoms with van der Waals surface area (Å²) in [5.41, 5.74) is 5.08. The van der Waals surface area contributed by atoms with Gasteiger partial charge in [0.2, 0.25) is 10.0 Å². The Kier molecular flexibility index (Phi) is 7.39. The first-order valence-corrected chi connectivity index (χ1v) is 12.6. The molecule has 2 heterocycles. The molecule has 4 rings (SSSR count). The molecule has 1 aromatic heterocycles. The first-order valence-electron chi connectivity index (χ1n) is 10.4. The van der Waals surface area contributed by atoms with Crippen molar-refractivity contribution >= 4 is 61.8 Å². The van der Waals surface area contributed by atoms with Gasteiger partial charge in [0.15, 0.2) is 5.11 Å². The van der Waals surface area contributed by atoms with Crippen LogP contribution in [0.15, 0.2) is 52.6 Å². The van der Waals surface area contributed by atoms with Crippen molar-refractivity contribution in [3.05, 3.63) is 53.2 Å². The van der Waals surface area contributed by atoms with E-state index in [1.54, 1.807) is 49.7 Å². The van der Waals surface area contributed by atoms with Crippen LogP contribution >= 0.6 is 23.8 Å². The first-order chi connectivity index (χ1) is 16.3. The number of nitrogens with one attached hydrogen (secondary N) is 2. The van der Waals surface area contributed by atoms with Crippen molar-refractivity contribution in [1.82, 2.24) is 14.3 Å². The minimum atomic E-state index is -3.60. The summed E-state index contributed by atoms with van der Waals surface area (Å²) in [6, 6.07) is 10.3. The van der Waals surface area contributed by atoms with Crippen molar-refractivity contribution < 1.29 is 17.9 Å². The van der Waals surface area contributed by atoms with Gasteiger partial charge in [-0.1, -0.05) is 11.6 Å². The van der Waals surface area contributed by atoms with Gasteiger partial charge in [-0.3, -0.25) is 5.43 Å². The number of hydrazone groups is 1. The lowest BCUT2D eigenvalue weighted by Gasteiger charge is -2.26. The average molecular weight is 522 g/mol. The van der Waals surface area contributed by atoms with Crippen LogP contribution in [-0.4, -0.2) is 62.0 Å². The van der Waals surface area contributed by atoms with E-state index in [-0.39, 0.29) is 10.0 Å². The summed E-state index contributed by atoms with van der Waals surface area (Å²) in [6.45, 7) is 1.48. The van der Waals surface area contributed by atoms with Crippen LogP contribution in [0.1, 0.15) is 5.56 Å². The maximum atomic E-state index is 13.1. The lowest BCUT2D eigenvalue weighted by molar-refractivity contribution is 0.0730. The highest BCUT2D eigenvalue weighted by molar-refractivity contribution is 7.89. The summed E-state index contributed by atoms with van der Waals surface area (Å²) in [4.78, 5) is 0.240. The van der Waals surface area contributed by atoms with Crippen LogP contribution in [-0.2, 0) is 21.8 Å². The van der Waals surface area contributed by atoms with E-state index < -0.39 is 10.0 Å². The zero-order chi connectivity index (χ0) is 24.3. The number of hydrogen-bond donors (Lipinski definition) is 2. The second kappa shape index (κ2) is 10.3. The predicted molar refractivity (Wildman–Crippen MR) is 137 cm³/mol. The highest BCUT2D eigenvalue weighted by Gasteiger charge is 2.26. The van der Waals surface area contributed by atoms with Gasteiger partial charge in [0.25, 0.3) is 0 Å². The number of halogens is 1. The van der Waals surface area contributed by atoms with Crippen molar-refractivity contribution in [1.29, 1.82) is 0 Å². The van der Waals surface area contributed by atoms with E-state index in [4.69, 9.17) is 33.3 Å². The third kappa shape index (κ3) is 5.18. The molecule has 1 saturated heterocycles. The highest BCUT2D eigenvalue weighted by Crippen LogP contribution is 2.27. The molecule has 3 aromatic rings. The van der Waals surface area contributed by atoms with Crippen molar-refractivity contribution in [2.24, 2.45) is 12.1 Å². The predicted octanol–water partition coefficient (Wildman–Crippen LogP) is 3.18. The zero-order valence-electron chi connectivity index (χ0n) is 18.6. The Hall–Kier alpha value is -2.70. The SMILES string of the molecule is COc1ccc(NC(=S)N/N=C\c2cn(C)c3ccc(S(=O)(=O)N4CCOCC4)cc23)cc1Cl. The van der Waals surface area contributed by atoms with Gasteiger partial charge in [-0.15, -0.1) is 0 Å². The van der Waals surface area contributed by atoms with Crippen LogP contribution < -0.4 is 15.5 Å². The van der Waals surface area contributed by atoms with E-state index in [0.717, 1.165) is 16.5 Å². The molecule has 1 fully saturated rings. The second-order valence-corrected chi connectivity index (χ2v) is 10.3. The average Bonchev–Trinajstić information content (AvgIpc) is 3.14. The van der Waals surface area contributed by atoms with Crippen LogP contribution in [0.5, 0.6) is 5.75 Å². The molecule has 0 aliphatic carbocycles. The number of methoxy groups -OCH3 is 1. The smallest absolute Gasteiger partial charge is 0.243 e. The Morgan fingerprint density at radius 1 is 1.24 bits per heavy atom. The summed E-state index contributed by atoms with van der Waals surface area (Å²) >= 11 is 11.4. The van der Waals surface area contributed by atoms with Gasteiger partial charge in [-0.25, -0.2) is 8.42 Å². The number of aromatic nitrogens is 1. The minimum absolute atomic E-state index is 0.240. The van der Waals surface area contributed by atoms with Gasteiger partial charge in [-0.05, 0) is 48.6 Å². The fourth-order valence-corrected chi connectivity index (χ4v) is 5.53. The molecule has 0 radical (unpaired) electrons. The highest BCUT2D eigenvalue weighted by atomic mass is 35.5. The van der Waals surface area contributed by atoms with E-state index in [0.29, 0.717) is 42.8 Å². The van der Waals surface area contributed by atoms with E-state index >= 15 is 0 Å². The lowest BCUT2D eigenvalue weighted by Crippen LogP contribution is -2.40. The largest absolute Gasteiger partial charge is 0.495 e. The molecule has 0 amide bonds. The van der Waals surface area contributed by atoms with Crippen LogP contribution in [0.4, 0.5) is 5.69 Å². The number of morpholine rings is 1. The molecule has 34 heavy (non-hydrogen) atoms. The molecule has 9 nitrogen and oxygen atoms in total. The Morgan fingerprint density at radius 3 is 2.71 bits per heavy atom. The van der Waals surface area contributed by atoms with E-state index in [1.165, 1.54) is 4.31 Å². The number of sulfonamides is 1. The number of fused-ring (bicyclic) bond motifs is 1. The second-order valence-electron chi connectivity index (χ2n) is 7.56. The molecule has 180 valence electrons. The normalized spacial score (nSPS) is 15.0. The summed E-state index contributed by atoms with van der Waals surface area (Å²) in [7, 11) is -0.168. The molecule has 0 atom stereocenters. The van der Waals surface area contributed by atoms with Crippen LogP contribution in [0.25, 0.3) is 10.9 Å². The Bertz CT molecular complexity index is 1350. The summed E-state index contributed by atoms with van der Waals surface area (Å²) < 4.78 is 39.9. The fraction of sp³-hybridized carbons (Fsp3) is 0.273. The van der Waals surface area contributed by atoms with Gasteiger partial charge in [0.05, 0.1) is 36.5 Å². The number of nitrogens with zero attached hydrogens (tertiary/aromatic N) is 3. The van der Waals surface area contributed by atoms with E-state index in [1.807, 2.05) is 17.8 Å². The van der Waals surface area contributed by atoms with Gasteiger partial charge in [0.1, 0.15) is 5.75 Å². The number of rotatable bonds is 6. The maximum Gasteiger partial charge on any atom is 0.243 e. The summed E-state index contributed by atoms with van der Waals surface area (Å²) in [5, 5.41) is 8.70. The molecular weight excluding hydrogens is 498 g/mol. The number of thiocarbonyl (C=S) groups is 1. The Balaban J connectivity index is 1.50. The topological polar surface area (TPSA) is 97.2 Å². The number of benzene rings is 2. The van der Waals surface area contributed by atoms with Gasteiger partial charge < -0.3 is 19.4 Å². The number of anilines is 1. The van der Waals surface area contributed by atoms with Crippen LogP contribution in [0.2, 0.25) is 5.02 Å². The van der Waals surface area contributed by atoms with Gasteiger partial charge >= 0.3 is 0 Å². The fourth-order valence-electron chi connectivity index (χ4n) is 3.66. The summed E-state index contributed by atoms with van der Waals surface area (Å²) in [5.74, 6) is 0.565. The number of aryl methyl sites for hydroxylation is 1. The molecule has 1 aliphatic heterocycles. The standard InChI is InChI=1S/C22H24ClN5O4S2/c1-27-14-15(13-24-26-22(33)25-16-3-6-21(31-2)19(23)11-16)18-12-17(4-5-20(18)27)34(29,30)28-7-9-32-10-8-28/h3-6,11-14H,7-10H2,1-2H3,(H2,25,26,33)/b24-13-. The molecule has 2 aromatic carbocycles. The maximum absolute atomic E-state index is 13.1. The molecule has 12 heteroatoms. The minimum Gasteiger partial charge on any atom is -0.495 e. The van der Waals surface area contributed by atoms with Crippen molar-refractivity contribution in [3.63, 3.8) is 0 Å². The third-order valence-corrected chi connectivity index (χ3v) is 7.76. The first kappa shape index (κ1) is 24.4. The third-order valence-electron chi connectivity index (χ3n) is 5.38. The molecule has 1 aliphatic rings. The quantitative estimate of drug-likeness (QED) is 0.292. The zero-order valence-corrected chi connectivity index (χ0v) is 21.0. The van der Waals surface area contributed by atoms with Crippen molar-refractivity contribution in [2.45, 2.75) is 4.90 Å². The van der Waals surface area contributed by atoms with E-state index in [2.05, 4.69) is 15.8 Å². The Morgan fingerprint density at radius 2 is 2.00 bits per heavy atom. The lowest BCUT2D eigenvalue weighted by atomic mass is 10.2. The molecule has 0 spiro atoms. The van der Waals surface area contributed by atoms with Crippen LogP contribution in [0, 0.1) is 0 Å². The molecule has 0 bridgehead atoms. The van der Waals surface area contributed by atoms with Gasteiger partial charge in [-0.2, -0.15) is 9.41 Å². The molecular formula is C22H24ClN5O4S2.